The molecule has 148 valence electrons. The highest BCUT2D eigenvalue weighted by Gasteiger charge is 2.20. The van der Waals surface area contributed by atoms with Gasteiger partial charge in [-0.2, -0.15) is 0 Å². The van der Waals surface area contributed by atoms with E-state index in [1.807, 2.05) is 0 Å². The van der Waals surface area contributed by atoms with Gasteiger partial charge >= 0.3 is 11.9 Å². The van der Waals surface area contributed by atoms with Crippen LogP contribution in [0.3, 0.4) is 0 Å². The molecular formula is C15H27N5O6. The van der Waals surface area contributed by atoms with Crippen molar-refractivity contribution in [3.05, 3.63) is 0 Å². The molecule has 11 nitrogen and oxygen atoms in total. The van der Waals surface area contributed by atoms with Crippen LogP contribution in [0.5, 0.6) is 0 Å². The van der Waals surface area contributed by atoms with Gasteiger partial charge in [0.05, 0.1) is 6.42 Å². The Kier molecular flexibility index (Phi) is 11.3. The van der Waals surface area contributed by atoms with Crippen LogP contribution in [0.2, 0.25) is 0 Å². The molecule has 0 aromatic carbocycles. The maximum atomic E-state index is 11.9. The molecule has 0 bridgehead atoms. The smallest absolute Gasteiger partial charge is 0.331 e. The molecule has 0 saturated heterocycles. The molecule has 1 amide bonds. The van der Waals surface area contributed by atoms with Crippen LogP contribution >= 0.6 is 0 Å². The first-order valence-corrected chi connectivity index (χ1v) is 8.02. The summed E-state index contributed by atoms with van der Waals surface area (Å²) in [6.45, 7) is 2.44. The van der Waals surface area contributed by atoms with Crippen LogP contribution in [-0.2, 0) is 28.7 Å². The highest BCUT2D eigenvalue weighted by Crippen LogP contribution is 2.01. The van der Waals surface area contributed by atoms with E-state index in [4.69, 9.17) is 20.9 Å². The summed E-state index contributed by atoms with van der Waals surface area (Å²) in [4.78, 5) is 49.6. The van der Waals surface area contributed by atoms with Gasteiger partial charge in [0, 0.05) is 6.54 Å². The zero-order valence-corrected chi connectivity index (χ0v) is 15.2. The number of hydrogen-bond donors (Lipinski definition) is 4. The van der Waals surface area contributed by atoms with Crippen molar-refractivity contribution in [1.29, 1.82) is 0 Å². The van der Waals surface area contributed by atoms with Gasteiger partial charge in [-0.15, -0.1) is 0 Å². The molecular weight excluding hydrogens is 346 g/mol. The van der Waals surface area contributed by atoms with Crippen LogP contribution in [0.1, 0.15) is 33.1 Å². The number of amides is 1. The third-order valence-electron chi connectivity index (χ3n) is 3.12. The Hall–Kier alpha value is -2.69. The van der Waals surface area contributed by atoms with Crippen molar-refractivity contribution in [3.8, 4) is 0 Å². The molecule has 0 aliphatic carbocycles. The summed E-state index contributed by atoms with van der Waals surface area (Å²) in [6.07, 6.45) is 0.658. The summed E-state index contributed by atoms with van der Waals surface area (Å²) in [5.74, 6) is -2.32. The molecule has 0 aromatic heterocycles. The topological polar surface area (TPSA) is 175 Å². The van der Waals surface area contributed by atoms with Gasteiger partial charge in [-0.25, -0.2) is 4.79 Å². The van der Waals surface area contributed by atoms with Crippen LogP contribution in [0.4, 0.5) is 0 Å². The van der Waals surface area contributed by atoms with E-state index in [0.29, 0.717) is 19.4 Å². The Bertz CT molecular complexity index is 533. The number of carbonyl (C=O) groups excluding carboxylic acids is 4. The number of nitrogens with one attached hydrogen (secondary N) is 2. The van der Waals surface area contributed by atoms with E-state index < -0.39 is 36.7 Å². The average molecular weight is 373 g/mol. The number of carbonyl (C=O) groups is 4. The van der Waals surface area contributed by atoms with Crippen molar-refractivity contribution in [2.45, 2.75) is 45.2 Å². The predicted octanol–water partition coefficient (Wildman–Crippen LogP) is -1.84. The summed E-state index contributed by atoms with van der Waals surface area (Å²) in [5.41, 5.74) is 10.4. The average Bonchev–Trinajstić information content (AvgIpc) is 2.53. The van der Waals surface area contributed by atoms with E-state index in [9.17, 15) is 19.2 Å². The van der Waals surface area contributed by atoms with E-state index in [-0.39, 0.29) is 18.2 Å². The third kappa shape index (κ3) is 11.0. The summed E-state index contributed by atoms with van der Waals surface area (Å²) in [6, 6.07) is -1.57. The fourth-order valence-electron chi connectivity index (χ4n) is 1.83. The van der Waals surface area contributed by atoms with Gasteiger partial charge in [0.25, 0.3) is 0 Å². The van der Waals surface area contributed by atoms with E-state index >= 15 is 0 Å². The Labute approximate surface area is 151 Å². The molecule has 26 heavy (non-hydrogen) atoms. The lowest BCUT2D eigenvalue weighted by Crippen LogP contribution is -2.41. The SMILES string of the molecule is CNC(CCCN=C(N)N)C(=O)OCOC(=O)C(C)NC(=O)CC(C)=O. The zero-order valence-electron chi connectivity index (χ0n) is 15.2. The highest BCUT2D eigenvalue weighted by molar-refractivity contribution is 5.98. The number of guanidine groups is 1. The molecule has 0 radical (unpaired) electrons. The summed E-state index contributed by atoms with van der Waals surface area (Å²) < 4.78 is 9.63. The molecule has 0 rings (SSSR count). The molecule has 0 saturated carbocycles. The van der Waals surface area contributed by atoms with Crippen molar-refractivity contribution in [2.75, 3.05) is 20.4 Å². The van der Waals surface area contributed by atoms with Crippen molar-refractivity contribution in [2.24, 2.45) is 16.5 Å². The number of nitrogens with two attached hydrogens (primary N) is 2. The van der Waals surface area contributed by atoms with E-state index in [2.05, 4.69) is 15.6 Å². The molecule has 0 heterocycles. The number of esters is 2. The lowest BCUT2D eigenvalue weighted by atomic mass is 10.1. The molecule has 0 aliphatic rings. The van der Waals surface area contributed by atoms with Crippen molar-refractivity contribution >= 4 is 29.6 Å². The maximum Gasteiger partial charge on any atom is 0.331 e. The quantitative estimate of drug-likeness (QED) is 0.0764. The molecule has 2 unspecified atom stereocenters. The number of ether oxygens (including phenoxy) is 2. The lowest BCUT2D eigenvalue weighted by molar-refractivity contribution is -0.170. The highest BCUT2D eigenvalue weighted by atomic mass is 16.7. The molecule has 0 spiro atoms. The van der Waals surface area contributed by atoms with Crippen molar-refractivity contribution < 1.29 is 28.7 Å². The zero-order chi connectivity index (χ0) is 20.1. The number of rotatable bonds is 12. The van der Waals surface area contributed by atoms with Gasteiger partial charge in [-0.05, 0) is 33.7 Å². The largest absolute Gasteiger partial charge is 0.427 e. The molecule has 11 heteroatoms. The van der Waals surface area contributed by atoms with Gasteiger partial charge in [0.15, 0.2) is 5.96 Å². The van der Waals surface area contributed by atoms with Crippen molar-refractivity contribution in [3.63, 3.8) is 0 Å². The van der Waals surface area contributed by atoms with E-state index in [1.165, 1.54) is 13.8 Å². The molecule has 6 N–H and O–H groups in total. The van der Waals surface area contributed by atoms with Crippen LogP contribution in [-0.4, -0.2) is 62.1 Å². The summed E-state index contributed by atoms with van der Waals surface area (Å²) in [7, 11) is 1.59. The second-order valence-corrected chi connectivity index (χ2v) is 5.50. The minimum atomic E-state index is -0.972. The molecule has 0 fully saturated rings. The van der Waals surface area contributed by atoms with E-state index in [0.717, 1.165) is 0 Å². The first-order valence-electron chi connectivity index (χ1n) is 8.02. The minimum absolute atomic E-state index is 0.0231. The maximum absolute atomic E-state index is 11.9. The normalized spacial score (nSPS) is 12.4. The van der Waals surface area contributed by atoms with E-state index in [1.54, 1.807) is 7.05 Å². The Morgan fingerprint density at radius 3 is 2.27 bits per heavy atom. The number of Topliss-reactive ketones (excluding diaryl/α,β-unsaturated/α-hetero) is 1. The van der Waals surface area contributed by atoms with Gasteiger partial charge in [0.1, 0.15) is 17.9 Å². The van der Waals surface area contributed by atoms with Crippen LogP contribution in [0.15, 0.2) is 4.99 Å². The number of ketones is 1. The van der Waals surface area contributed by atoms with Gasteiger partial charge in [-0.1, -0.05) is 0 Å². The Morgan fingerprint density at radius 2 is 1.73 bits per heavy atom. The summed E-state index contributed by atoms with van der Waals surface area (Å²) in [5, 5.41) is 5.09. The molecule has 0 aromatic rings. The fourth-order valence-corrected chi connectivity index (χ4v) is 1.83. The monoisotopic (exact) mass is 373 g/mol. The van der Waals surface area contributed by atoms with Gasteiger partial charge < -0.3 is 31.6 Å². The predicted molar refractivity (Wildman–Crippen MR) is 92.7 cm³/mol. The van der Waals surface area contributed by atoms with Crippen LogP contribution < -0.4 is 22.1 Å². The summed E-state index contributed by atoms with van der Waals surface area (Å²) >= 11 is 0. The number of aliphatic imine (C=N–C) groups is 1. The van der Waals surface area contributed by atoms with Crippen LogP contribution in [0.25, 0.3) is 0 Å². The Balaban J connectivity index is 4.16. The van der Waals surface area contributed by atoms with Crippen molar-refractivity contribution in [1.82, 2.24) is 10.6 Å². The van der Waals surface area contributed by atoms with Gasteiger partial charge in [-0.3, -0.25) is 19.4 Å². The molecule has 0 aliphatic heterocycles. The number of likely N-dealkylation sites (N-methyl/N-ethyl adjacent to an activating group) is 1. The lowest BCUT2D eigenvalue weighted by Gasteiger charge is -2.16. The Morgan fingerprint density at radius 1 is 1.12 bits per heavy atom. The van der Waals surface area contributed by atoms with Crippen LogP contribution in [0, 0.1) is 0 Å². The second kappa shape index (κ2) is 12.6. The number of nitrogens with zero attached hydrogens (tertiary/aromatic N) is 1. The third-order valence-corrected chi connectivity index (χ3v) is 3.12. The fraction of sp³-hybridized carbons (Fsp3) is 0.667. The molecule has 2 atom stereocenters. The van der Waals surface area contributed by atoms with Gasteiger partial charge in [0.2, 0.25) is 12.7 Å². The minimum Gasteiger partial charge on any atom is -0.427 e. The first-order chi connectivity index (χ1) is 12.2. The number of hydrogen-bond acceptors (Lipinski definition) is 8. The first kappa shape index (κ1) is 23.3. The second-order valence-electron chi connectivity index (χ2n) is 5.50. The standard InChI is InChI=1S/C15H27N5O6/c1-9(21)7-12(22)20-10(2)13(23)25-8-26-14(24)11(18-3)5-4-6-19-15(16)17/h10-11,18H,4-8H2,1-3H3,(H,20,22)(H4,16,17,19).